The lowest BCUT2D eigenvalue weighted by atomic mass is 10.1. The van der Waals surface area contributed by atoms with Crippen LogP contribution < -0.4 is 21.6 Å². The summed E-state index contributed by atoms with van der Waals surface area (Å²) in [5, 5.41) is 19.6. The Kier molecular flexibility index (Phi) is 7.55. The molecule has 0 radical (unpaired) electrons. The molecule has 0 saturated carbocycles. The fourth-order valence-corrected chi connectivity index (χ4v) is 3.89. The van der Waals surface area contributed by atoms with Crippen LogP contribution in [0, 0.1) is 0 Å². The van der Waals surface area contributed by atoms with Gasteiger partial charge in [-0.1, -0.05) is 23.4 Å². The lowest BCUT2D eigenvalue weighted by molar-refractivity contribution is -0.119. The minimum absolute atomic E-state index is 0.00920. The largest absolute Gasteiger partial charge is 0.484 e. The zero-order chi connectivity index (χ0) is 25.5. The Morgan fingerprint density at radius 3 is 2.56 bits per heavy atom. The summed E-state index contributed by atoms with van der Waals surface area (Å²) in [4.78, 5) is 24.8. The molecule has 4 aromatic rings. The van der Waals surface area contributed by atoms with E-state index < -0.39 is 11.8 Å². The van der Waals surface area contributed by atoms with Gasteiger partial charge in [0, 0.05) is 10.6 Å². The normalized spacial score (nSPS) is 11.3. The van der Waals surface area contributed by atoms with Crippen molar-refractivity contribution in [2.75, 3.05) is 12.3 Å². The molecule has 0 aliphatic carbocycles. The third-order valence-corrected chi connectivity index (χ3v) is 5.79. The highest BCUT2D eigenvalue weighted by Gasteiger charge is 2.24. The van der Waals surface area contributed by atoms with E-state index in [-0.39, 0.29) is 23.9 Å². The van der Waals surface area contributed by atoms with Crippen molar-refractivity contribution in [2.24, 2.45) is 10.8 Å². The lowest BCUT2D eigenvalue weighted by Crippen LogP contribution is -2.21. The number of rotatable bonds is 10. The fraction of sp³-hybridized carbons (Fsp3) is 0.136. The quantitative estimate of drug-likeness (QED) is 0.161. The van der Waals surface area contributed by atoms with Gasteiger partial charge in [0.2, 0.25) is 11.6 Å². The lowest BCUT2D eigenvalue weighted by Gasteiger charge is -2.07. The molecule has 184 valence electrons. The van der Waals surface area contributed by atoms with Gasteiger partial charge in [-0.15, -0.1) is 16.9 Å². The van der Waals surface area contributed by atoms with E-state index in [1.54, 1.807) is 31.2 Å². The van der Waals surface area contributed by atoms with E-state index in [4.69, 9.17) is 16.2 Å². The van der Waals surface area contributed by atoms with Crippen LogP contribution in [-0.2, 0) is 10.5 Å². The van der Waals surface area contributed by atoms with Crippen molar-refractivity contribution in [1.29, 1.82) is 0 Å². The first-order valence-electron chi connectivity index (χ1n) is 10.5. The van der Waals surface area contributed by atoms with Crippen LogP contribution in [0.15, 0.2) is 69.2 Å². The van der Waals surface area contributed by atoms with Crippen LogP contribution in [0.4, 0.5) is 5.82 Å². The molecular weight excluding hydrogens is 486 g/mol. The van der Waals surface area contributed by atoms with E-state index in [0.29, 0.717) is 22.9 Å². The number of benzene rings is 2. The third-order valence-electron chi connectivity index (χ3n) is 4.77. The number of aromatic nitrogens is 5. The van der Waals surface area contributed by atoms with Crippen LogP contribution in [0.5, 0.6) is 5.75 Å². The summed E-state index contributed by atoms with van der Waals surface area (Å²) in [6.45, 7) is 1.51. The Balaban J connectivity index is 1.52. The van der Waals surface area contributed by atoms with Crippen molar-refractivity contribution in [2.45, 2.75) is 17.6 Å². The molecule has 2 heterocycles. The molecule has 2 amide bonds. The second-order valence-corrected chi connectivity index (χ2v) is 8.34. The highest BCUT2D eigenvalue weighted by molar-refractivity contribution is 7.98. The first kappa shape index (κ1) is 24.4. The first-order valence-corrected chi connectivity index (χ1v) is 11.5. The predicted molar refractivity (Wildman–Crippen MR) is 130 cm³/mol. The molecule has 36 heavy (non-hydrogen) atoms. The predicted octanol–water partition coefficient (Wildman–Crippen LogP) is 1.54. The SMILES string of the molecule is CC(=NNC(=O)c1nnn(-c2nonc2N)c1CSc1ccccc1)c1ccc(OCC(N)=O)cc1. The molecule has 13 nitrogen and oxygen atoms in total. The number of carbonyl (C=O) groups is 2. The van der Waals surface area contributed by atoms with Gasteiger partial charge in [-0.25, -0.2) is 10.1 Å². The number of hydrogen-bond donors (Lipinski definition) is 3. The van der Waals surface area contributed by atoms with Crippen molar-refractivity contribution in [3.63, 3.8) is 0 Å². The second kappa shape index (κ2) is 11.1. The molecular formula is C22H21N9O4S. The molecule has 0 aliphatic heterocycles. The summed E-state index contributed by atoms with van der Waals surface area (Å²) in [5.74, 6) is -0.186. The third kappa shape index (κ3) is 5.85. The number of thioether (sulfide) groups is 1. The van der Waals surface area contributed by atoms with Gasteiger partial charge in [-0.05, 0) is 59.2 Å². The van der Waals surface area contributed by atoms with Gasteiger partial charge in [0.15, 0.2) is 12.3 Å². The molecule has 14 heteroatoms. The van der Waals surface area contributed by atoms with Crippen LogP contribution in [0.2, 0.25) is 0 Å². The zero-order valence-corrected chi connectivity index (χ0v) is 19.8. The number of nitrogen functional groups attached to an aromatic ring is 1. The molecule has 0 spiro atoms. The van der Waals surface area contributed by atoms with Gasteiger partial charge in [0.25, 0.3) is 11.8 Å². The average molecular weight is 508 g/mol. The Labute approximate surface area is 208 Å². The topological polar surface area (TPSA) is 189 Å². The molecule has 5 N–H and O–H groups in total. The smallest absolute Gasteiger partial charge is 0.293 e. The molecule has 0 saturated heterocycles. The molecule has 0 unspecified atom stereocenters. The van der Waals surface area contributed by atoms with Crippen LogP contribution >= 0.6 is 11.8 Å². The van der Waals surface area contributed by atoms with E-state index in [0.717, 1.165) is 10.5 Å². The number of ether oxygens (including phenoxy) is 1. The Morgan fingerprint density at radius 2 is 1.89 bits per heavy atom. The summed E-state index contributed by atoms with van der Waals surface area (Å²) < 4.78 is 11.2. The first-order chi connectivity index (χ1) is 17.4. The summed E-state index contributed by atoms with van der Waals surface area (Å²) in [6, 6.07) is 16.4. The van der Waals surface area contributed by atoms with E-state index in [1.807, 2.05) is 30.3 Å². The Bertz CT molecular complexity index is 1380. The van der Waals surface area contributed by atoms with Crippen LogP contribution in [-0.4, -0.2) is 49.4 Å². The minimum Gasteiger partial charge on any atom is -0.484 e. The maximum Gasteiger partial charge on any atom is 0.293 e. The number of carbonyl (C=O) groups excluding carboxylic acids is 2. The van der Waals surface area contributed by atoms with Gasteiger partial charge < -0.3 is 16.2 Å². The van der Waals surface area contributed by atoms with E-state index in [2.05, 4.69) is 35.8 Å². The number of nitrogens with zero attached hydrogens (tertiary/aromatic N) is 6. The van der Waals surface area contributed by atoms with E-state index in [1.165, 1.54) is 16.4 Å². The Morgan fingerprint density at radius 1 is 1.14 bits per heavy atom. The standard InChI is InChI=1S/C22H21N9O4S/c1-13(14-7-9-15(10-8-14)34-11-18(23)32)25-27-22(33)19-17(12-36-16-5-3-2-4-6-16)31(30-26-19)21-20(24)28-35-29-21/h2-10H,11-12H2,1H3,(H2,23,32)(H2,24,28)(H,27,33). The summed E-state index contributed by atoms with van der Waals surface area (Å²) >= 11 is 1.48. The van der Waals surface area contributed by atoms with Crippen molar-refractivity contribution in [3.8, 4) is 11.6 Å². The van der Waals surface area contributed by atoms with Crippen LogP contribution in [0.25, 0.3) is 5.82 Å². The van der Waals surface area contributed by atoms with Crippen molar-refractivity contribution in [3.05, 3.63) is 71.5 Å². The average Bonchev–Trinajstić information content (AvgIpc) is 3.51. The van der Waals surface area contributed by atoms with E-state index >= 15 is 0 Å². The van der Waals surface area contributed by atoms with Crippen molar-refractivity contribution < 1.29 is 19.0 Å². The number of hydrogen-bond acceptors (Lipinski definition) is 11. The van der Waals surface area contributed by atoms with Crippen molar-refractivity contribution in [1.82, 2.24) is 30.7 Å². The number of amides is 2. The van der Waals surface area contributed by atoms with E-state index in [9.17, 15) is 9.59 Å². The molecule has 2 aromatic heterocycles. The molecule has 0 bridgehead atoms. The van der Waals surface area contributed by atoms with Gasteiger partial charge in [0.05, 0.1) is 11.4 Å². The van der Waals surface area contributed by atoms with Gasteiger partial charge in [-0.3, -0.25) is 9.59 Å². The Hall–Kier alpha value is -4.72. The number of nitrogens with one attached hydrogen (secondary N) is 1. The molecule has 4 rings (SSSR count). The number of anilines is 1. The maximum absolute atomic E-state index is 13.0. The second-order valence-electron chi connectivity index (χ2n) is 7.29. The number of primary amides is 1. The highest BCUT2D eigenvalue weighted by Crippen LogP contribution is 2.25. The maximum atomic E-state index is 13.0. The van der Waals surface area contributed by atoms with Crippen LogP contribution in [0.3, 0.4) is 0 Å². The summed E-state index contributed by atoms with van der Waals surface area (Å²) in [7, 11) is 0. The van der Waals surface area contributed by atoms with Gasteiger partial charge in [0.1, 0.15) is 5.75 Å². The van der Waals surface area contributed by atoms with Gasteiger partial charge in [-0.2, -0.15) is 9.78 Å². The summed E-state index contributed by atoms with van der Waals surface area (Å²) in [6.07, 6.45) is 0. The van der Waals surface area contributed by atoms with Gasteiger partial charge >= 0.3 is 0 Å². The highest BCUT2D eigenvalue weighted by atomic mass is 32.2. The van der Waals surface area contributed by atoms with Crippen LogP contribution in [0.1, 0.15) is 28.7 Å². The number of hydrazone groups is 1. The molecule has 0 atom stereocenters. The van der Waals surface area contributed by atoms with Crippen molar-refractivity contribution >= 4 is 35.1 Å². The fourth-order valence-electron chi connectivity index (χ4n) is 2.98. The minimum atomic E-state index is -0.569. The summed E-state index contributed by atoms with van der Waals surface area (Å²) in [5.41, 5.74) is 15.2. The molecule has 0 aliphatic rings. The molecule has 0 fully saturated rings. The molecule has 2 aromatic carbocycles. The number of nitrogens with two attached hydrogens (primary N) is 2. The monoisotopic (exact) mass is 507 g/mol. The zero-order valence-electron chi connectivity index (χ0n) is 19.0.